The number of H-pyrrole nitrogens is 1. The molecule has 110 valence electrons. The van der Waals surface area contributed by atoms with E-state index in [9.17, 15) is 4.79 Å². The summed E-state index contributed by atoms with van der Waals surface area (Å²) in [4.78, 5) is 14.7. The van der Waals surface area contributed by atoms with Crippen LogP contribution in [-0.2, 0) is 4.79 Å². The first kappa shape index (κ1) is 13.6. The minimum absolute atomic E-state index is 0.202. The number of likely N-dealkylation sites (tertiary alicyclic amines) is 1. The predicted octanol–water partition coefficient (Wildman–Crippen LogP) is 1.98. The number of hydrogen-bond acceptors (Lipinski definition) is 3. The summed E-state index contributed by atoms with van der Waals surface area (Å²) in [6.45, 7) is 0.872. The normalized spacial score (nSPS) is 30.6. The van der Waals surface area contributed by atoms with Crippen LogP contribution in [0, 0.1) is 5.92 Å². The first-order chi connectivity index (χ1) is 9.75. The maximum Gasteiger partial charge on any atom is 0.223 e. The first-order valence-electron chi connectivity index (χ1n) is 7.79. The molecule has 1 aliphatic heterocycles. The molecule has 3 N–H and O–H groups in total. The molecule has 1 aliphatic carbocycles. The van der Waals surface area contributed by atoms with Gasteiger partial charge in [0.25, 0.3) is 0 Å². The number of carbonyl (C=O) groups is 1. The Hall–Kier alpha value is -1.36. The fourth-order valence-electron chi connectivity index (χ4n) is 3.68. The Morgan fingerprint density at radius 1 is 1.35 bits per heavy atom. The van der Waals surface area contributed by atoms with Gasteiger partial charge in [0.15, 0.2) is 0 Å². The van der Waals surface area contributed by atoms with Gasteiger partial charge < -0.3 is 10.6 Å². The Morgan fingerprint density at radius 2 is 2.25 bits per heavy atom. The van der Waals surface area contributed by atoms with Crippen molar-refractivity contribution in [3.63, 3.8) is 0 Å². The Labute approximate surface area is 119 Å². The van der Waals surface area contributed by atoms with Crippen LogP contribution in [0.1, 0.15) is 56.6 Å². The number of rotatable bonds is 3. The second-order valence-corrected chi connectivity index (χ2v) is 6.19. The second-order valence-electron chi connectivity index (χ2n) is 6.19. The van der Waals surface area contributed by atoms with Crippen molar-refractivity contribution in [1.82, 2.24) is 15.1 Å². The van der Waals surface area contributed by atoms with Crippen LogP contribution in [0.2, 0.25) is 0 Å². The minimum Gasteiger partial charge on any atom is -0.336 e. The van der Waals surface area contributed by atoms with Gasteiger partial charge in [-0.3, -0.25) is 9.89 Å². The largest absolute Gasteiger partial charge is 0.336 e. The summed E-state index contributed by atoms with van der Waals surface area (Å²) in [5.74, 6) is 0.660. The molecule has 1 aromatic rings. The van der Waals surface area contributed by atoms with E-state index in [1.54, 1.807) is 0 Å². The molecule has 5 heteroatoms. The molecule has 2 fully saturated rings. The van der Waals surface area contributed by atoms with Crippen LogP contribution in [0.25, 0.3) is 0 Å². The van der Waals surface area contributed by atoms with Gasteiger partial charge in [-0.2, -0.15) is 5.10 Å². The molecular formula is C15H24N4O. The Morgan fingerprint density at radius 3 is 2.95 bits per heavy atom. The molecule has 1 unspecified atom stereocenters. The van der Waals surface area contributed by atoms with E-state index in [-0.39, 0.29) is 18.0 Å². The number of nitrogens with zero attached hydrogens (tertiary/aromatic N) is 2. The van der Waals surface area contributed by atoms with Gasteiger partial charge in [0, 0.05) is 30.8 Å². The van der Waals surface area contributed by atoms with Crippen molar-refractivity contribution in [2.45, 2.75) is 57.0 Å². The highest BCUT2D eigenvalue weighted by atomic mass is 16.2. The molecule has 3 atom stereocenters. The third kappa shape index (κ3) is 2.73. The van der Waals surface area contributed by atoms with Crippen molar-refractivity contribution in [3.8, 4) is 0 Å². The maximum atomic E-state index is 12.6. The van der Waals surface area contributed by atoms with Crippen molar-refractivity contribution < 1.29 is 4.79 Å². The number of aromatic amines is 1. The molecule has 20 heavy (non-hydrogen) atoms. The fourth-order valence-corrected chi connectivity index (χ4v) is 3.68. The molecule has 0 aromatic carbocycles. The van der Waals surface area contributed by atoms with Gasteiger partial charge in [0.05, 0.1) is 12.2 Å². The quantitative estimate of drug-likeness (QED) is 0.886. The average Bonchev–Trinajstić information content (AvgIpc) is 3.11. The van der Waals surface area contributed by atoms with Crippen molar-refractivity contribution in [1.29, 1.82) is 0 Å². The Kier molecular flexibility index (Phi) is 4.05. The standard InChI is InChI=1S/C15H24N4O/c16-13-5-3-4-11(13)8-15(20)19-7-2-1-6-14(19)12-9-17-18-10-12/h9-11,13-14H,1-8,16H2,(H,17,18)/t11-,13+,14?/m0/s1. The van der Waals surface area contributed by atoms with Crippen molar-refractivity contribution in [3.05, 3.63) is 18.0 Å². The number of nitrogens with one attached hydrogen (secondary N) is 1. The summed E-state index contributed by atoms with van der Waals surface area (Å²) in [6.07, 6.45) is 11.1. The predicted molar refractivity (Wildman–Crippen MR) is 76.8 cm³/mol. The highest BCUT2D eigenvalue weighted by molar-refractivity contribution is 5.77. The SMILES string of the molecule is N[C@@H]1CCC[C@H]1CC(=O)N1CCCCC1c1cn[nH]c1. The maximum absolute atomic E-state index is 12.6. The summed E-state index contributed by atoms with van der Waals surface area (Å²) >= 11 is 0. The molecule has 0 radical (unpaired) electrons. The molecule has 1 amide bonds. The highest BCUT2D eigenvalue weighted by Crippen LogP contribution is 2.33. The summed E-state index contributed by atoms with van der Waals surface area (Å²) in [6, 6.07) is 0.420. The molecule has 5 nitrogen and oxygen atoms in total. The molecule has 1 saturated carbocycles. The van der Waals surface area contributed by atoms with Crippen LogP contribution in [-0.4, -0.2) is 33.6 Å². The van der Waals surface area contributed by atoms with Crippen LogP contribution in [0.5, 0.6) is 0 Å². The van der Waals surface area contributed by atoms with Gasteiger partial charge in [0.1, 0.15) is 0 Å². The van der Waals surface area contributed by atoms with E-state index in [1.807, 2.05) is 12.4 Å². The van der Waals surface area contributed by atoms with E-state index in [0.717, 1.165) is 37.8 Å². The second kappa shape index (κ2) is 5.95. The lowest BCUT2D eigenvalue weighted by Crippen LogP contribution is -2.40. The number of aromatic nitrogens is 2. The van der Waals surface area contributed by atoms with Gasteiger partial charge >= 0.3 is 0 Å². The van der Waals surface area contributed by atoms with Gasteiger partial charge in [-0.05, 0) is 38.0 Å². The first-order valence-corrected chi connectivity index (χ1v) is 7.79. The topological polar surface area (TPSA) is 75.0 Å². The lowest BCUT2D eigenvalue weighted by molar-refractivity contribution is -0.136. The van der Waals surface area contributed by atoms with E-state index in [2.05, 4.69) is 15.1 Å². The summed E-state index contributed by atoms with van der Waals surface area (Å²) in [5, 5.41) is 6.88. The number of amides is 1. The third-order valence-corrected chi connectivity index (χ3v) is 4.88. The number of piperidine rings is 1. The summed E-state index contributed by atoms with van der Waals surface area (Å²) < 4.78 is 0. The van der Waals surface area contributed by atoms with Crippen molar-refractivity contribution in [2.24, 2.45) is 11.7 Å². The number of carbonyl (C=O) groups excluding carboxylic acids is 1. The molecule has 1 saturated heterocycles. The van der Waals surface area contributed by atoms with E-state index < -0.39 is 0 Å². The van der Waals surface area contributed by atoms with E-state index >= 15 is 0 Å². The number of nitrogens with two attached hydrogens (primary N) is 1. The molecule has 2 aliphatic rings. The zero-order valence-corrected chi connectivity index (χ0v) is 11.9. The Balaban J connectivity index is 1.68. The lowest BCUT2D eigenvalue weighted by Gasteiger charge is -2.36. The van der Waals surface area contributed by atoms with E-state index in [0.29, 0.717) is 12.3 Å². The van der Waals surface area contributed by atoms with E-state index in [4.69, 9.17) is 5.73 Å². The van der Waals surface area contributed by atoms with Crippen LogP contribution in [0.4, 0.5) is 0 Å². The summed E-state index contributed by atoms with van der Waals surface area (Å²) in [7, 11) is 0. The fraction of sp³-hybridized carbons (Fsp3) is 0.733. The van der Waals surface area contributed by atoms with Crippen molar-refractivity contribution in [2.75, 3.05) is 6.54 Å². The van der Waals surface area contributed by atoms with Crippen LogP contribution >= 0.6 is 0 Å². The van der Waals surface area contributed by atoms with Crippen LogP contribution < -0.4 is 5.73 Å². The third-order valence-electron chi connectivity index (χ3n) is 4.88. The molecular weight excluding hydrogens is 252 g/mol. The molecule has 0 spiro atoms. The minimum atomic E-state index is 0.202. The van der Waals surface area contributed by atoms with Gasteiger partial charge in [-0.1, -0.05) is 6.42 Å². The average molecular weight is 276 g/mol. The highest BCUT2D eigenvalue weighted by Gasteiger charge is 2.32. The summed E-state index contributed by atoms with van der Waals surface area (Å²) in [5.41, 5.74) is 7.23. The molecule has 1 aromatic heterocycles. The van der Waals surface area contributed by atoms with Gasteiger partial charge in [-0.25, -0.2) is 0 Å². The van der Waals surface area contributed by atoms with Crippen LogP contribution in [0.15, 0.2) is 12.4 Å². The molecule has 0 bridgehead atoms. The Bertz CT molecular complexity index is 445. The van der Waals surface area contributed by atoms with Gasteiger partial charge in [0.2, 0.25) is 5.91 Å². The monoisotopic (exact) mass is 276 g/mol. The van der Waals surface area contributed by atoms with Crippen molar-refractivity contribution >= 4 is 5.91 Å². The smallest absolute Gasteiger partial charge is 0.223 e. The molecule has 2 heterocycles. The van der Waals surface area contributed by atoms with Crippen LogP contribution in [0.3, 0.4) is 0 Å². The van der Waals surface area contributed by atoms with Gasteiger partial charge in [-0.15, -0.1) is 0 Å². The van der Waals surface area contributed by atoms with E-state index in [1.165, 1.54) is 12.8 Å². The molecule has 3 rings (SSSR count). The zero-order chi connectivity index (χ0) is 13.9. The lowest BCUT2D eigenvalue weighted by atomic mass is 9.94. The number of hydrogen-bond donors (Lipinski definition) is 2. The zero-order valence-electron chi connectivity index (χ0n) is 11.9.